The van der Waals surface area contributed by atoms with E-state index >= 15 is 0 Å². The number of carboxylic acid groups (broad SMARTS) is 1. The molecule has 8 nitrogen and oxygen atoms in total. The number of fused-ring (bicyclic) bond motifs is 2. The summed E-state index contributed by atoms with van der Waals surface area (Å²) in [5.41, 5.74) is 1.32. The van der Waals surface area contributed by atoms with Gasteiger partial charge in [-0.3, -0.25) is 0 Å². The lowest BCUT2D eigenvalue weighted by molar-refractivity contribution is 0.0546. The normalized spacial score (nSPS) is 12.0. The number of carbonyl (C=O) groups is 2. The number of hydrogen-bond donors (Lipinski definition) is 1. The Morgan fingerprint density at radius 2 is 1.27 bits per heavy atom. The van der Waals surface area contributed by atoms with Gasteiger partial charge in [0.1, 0.15) is 15.9 Å². The number of carbonyl (C=O) groups excluding carboxylic acids is 1. The molecule has 14 heteroatoms. The van der Waals surface area contributed by atoms with Crippen LogP contribution in [0, 0.1) is 0 Å². The molecule has 52 heavy (non-hydrogen) atoms. The molecule has 0 bridgehead atoms. The zero-order valence-electron chi connectivity index (χ0n) is 28.9. The highest BCUT2D eigenvalue weighted by molar-refractivity contribution is 6.30. The number of ether oxygens (including phenoxy) is 1. The molecule has 6 rings (SSSR count). The number of nitrogens with zero attached hydrogens (tertiary/aromatic N) is 4. The minimum Gasteiger partial charge on any atom is -0.464 e. The van der Waals surface area contributed by atoms with E-state index in [0.29, 0.717) is 44.5 Å². The third-order valence-electron chi connectivity index (χ3n) is 7.76. The summed E-state index contributed by atoms with van der Waals surface area (Å²) in [5, 5.41) is 11.5. The Labute approximate surface area is 306 Å². The third kappa shape index (κ3) is 8.08. The number of alkyl halides is 4. The number of rotatable bonds is 4. The molecular formula is C38H34Cl2F4N4O4. The Balaban J connectivity index is 0.000000201. The highest BCUT2D eigenvalue weighted by Gasteiger charge is 2.31. The molecule has 0 aliphatic heterocycles. The highest BCUT2D eigenvalue weighted by Crippen LogP contribution is 2.41. The van der Waals surface area contributed by atoms with Crippen LogP contribution in [0.15, 0.2) is 78.9 Å². The summed E-state index contributed by atoms with van der Waals surface area (Å²) in [5.74, 6) is 0. The van der Waals surface area contributed by atoms with Gasteiger partial charge in [-0.25, -0.2) is 46.3 Å². The molecule has 0 saturated carbocycles. The largest absolute Gasteiger partial charge is 0.464 e. The standard InChI is InChI=1S/2C19H17ClF2N2O2/c1-19(2,3)26-18(25)24-14(10-13-7-8-15(20)23-17(13)24)11-5-4-6-12(9-11)16(21)22;1-19(2,3)14-12-7-8-13(20)23-17(12)24(18(25)26)15(14)10-5-4-6-11(9-10)16(21)22/h4-10,16H,1-3H3;4-9,16H,1-3H3,(H,25,26). The van der Waals surface area contributed by atoms with Crippen molar-refractivity contribution in [1.29, 1.82) is 0 Å². The molecule has 272 valence electrons. The summed E-state index contributed by atoms with van der Waals surface area (Å²) in [4.78, 5) is 33.2. The van der Waals surface area contributed by atoms with Gasteiger partial charge in [-0.15, -0.1) is 0 Å². The first-order chi connectivity index (χ1) is 24.3. The van der Waals surface area contributed by atoms with Gasteiger partial charge in [0, 0.05) is 21.9 Å². The van der Waals surface area contributed by atoms with Crippen molar-refractivity contribution in [2.45, 2.75) is 65.4 Å². The van der Waals surface area contributed by atoms with Crippen molar-refractivity contribution in [2.24, 2.45) is 0 Å². The summed E-state index contributed by atoms with van der Waals surface area (Å²) in [6.45, 7) is 11.0. The van der Waals surface area contributed by atoms with Crippen LogP contribution in [-0.2, 0) is 10.2 Å². The molecule has 6 aromatic rings. The van der Waals surface area contributed by atoms with Crippen LogP contribution in [0.25, 0.3) is 44.6 Å². The van der Waals surface area contributed by atoms with Crippen molar-refractivity contribution in [3.8, 4) is 22.5 Å². The van der Waals surface area contributed by atoms with Crippen LogP contribution in [0.4, 0.5) is 27.2 Å². The molecule has 0 radical (unpaired) electrons. The SMILES string of the molecule is CC(C)(C)OC(=O)n1c(-c2cccc(C(F)F)c2)cc2ccc(Cl)nc21.CC(C)(C)c1c(-c2cccc(C(F)F)c2)n(C(=O)O)c2nc(Cl)ccc12. The minimum absolute atomic E-state index is 0.130. The zero-order chi connectivity index (χ0) is 38.3. The lowest BCUT2D eigenvalue weighted by Gasteiger charge is -2.21. The van der Waals surface area contributed by atoms with Crippen LogP contribution >= 0.6 is 23.2 Å². The fourth-order valence-corrected chi connectivity index (χ4v) is 6.06. The molecule has 0 aliphatic carbocycles. The van der Waals surface area contributed by atoms with Gasteiger partial charge < -0.3 is 9.84 Å². The fraction of sp³-hybridized carbons (Fsp3) is 0.263. The maximum Gasteiger partial charge on any atom is 0.420 e. The van der Waals surface area contributed by atoms with E-state index < -0.39 is 36.1 Å². The van der Waals surface area contributed by atoms with Crippen LogP contribution < -0.4 is 0 Å². The van der Waals surface area contributed by atoms with E-state index in [0.717, 1.165) is 4.57 Å². The number of aromatic nitrogens is 4. The Morgan fingerprint density at radius 3 is 1.81 bits per heavy atom. The van der Waals surface area contributed by atoms with Gasteiger partial charge in [0.25, 0.3) is 12.9 Å². The Bertz CT molecular complexity index is 2310. The first kappa shape index (κ1) is 38.3. The van der Waals surface area contributed by atoms with E-state index in [1.165, 1.54) is 41.0 Å². The van der Waals surface area contributed by atoms with Crippen LogP contribution in [0.3, 0.4) is 0 Å². The van der Waals surface area contributed by atoms with Crippen molar-refractivity contribution in [3.63, 3.8) is 0 Å². The first-order valence-corrected chi connectivity index (χ1v) is 16.7. The van der Waals surface area contributed by atoms with Crippen LogP contribution in [0.5, 0.6) is 0 Å². The second-order valence-corrected chi connectivity index (χ2v) is 14.6. The third-order valence-corrected chi connectivity index (χ3v) is 8.18. The van der Waals surface area contributed by atoms with Crippen LogP contribution in [-0.4, -0.2) is 42.0 Å². The second-order valence-electron chi connectivity index (χ2n) is 13.8. The van der Waals surface area contributed by atoms with E-state index in [1.54, 1.807) is 63.2 Å². The van der Waals surface area contributed by atoms with Gasteiger partial charge in [-0.1, -0.05) is 80.4 Å². The molecule has 0 amide bonds. The predicted octanol–water partition coefficient (Wildman–Crippen LogP) is 12.2. The molecule has 4 heterocycles. The average molecular weight is 758 g/mol. The quantitative estimate of drug-likeness (QED) is 0.142. The van der Waals surface area contributed by atoms with Crippen molar-refractivity contribution >= 4 is 57.5 Å². The van der Waals surface area contributed by atoms with E-state index in [1.807, 2.05) is 20.8 Å². The molecule has 0 fully saturated rings. The molecule has 2 aromatic carbocycles. The molecular weight excluding hydrogens is 723 g/mol. The van der Waals surface area contributed by atoms with E-state index in [9.17, 15) is 32.3 Å². The summed E-state index contributed by atoms with van der Waals surface area (Å²) < 4.78 is 60.2. The van der Waals surface area contributed by atoms with Crippen LogP contribution in [0.1, 0.15) is 71.1 Å². The number of hydrogen-bond acceptors (Lipinski definition) is 5. The van der Waals surface area contributed by atoms with E-state index in [2.05, 4.69) is 9.97 Å². The summed E-state index contributed by atoms with van der Waals surface area (Å²) in [7, 11) is 0. The smallest absolute Gasteiger partial charge is 0.420 e. The molecule has 0 atom stereocenters. The zero-order valence-corrected chi connectivity index (χ0v) is 30.4. The maximum absolute atomic E-state index is 13.2. The molecule has 0 saturated heterocycles. The lowest BCUT2D eigenvalue weighted by Crippen LogP contribution is -2.27. The Kier molecular flexibility index (Phi) is 10.7. The van der Waals surface area contributed by atoms with Gasteiger partial charge in [-0.2, -0.15) is 0 Å². The van der Waals surface area contributed by atoms with E-state index in [-0.39, 0.29) is 27.1 Å². The first-order valence-electron chi connectivity index (χ1n) is 15.9. The van der Waals surface area contributed by atoms with Gasteiger partial charge in [0.05, 0.1) is 11.4 Å². The van der Waals surface area contributed by atoms with E-state index in [4.69, 9.17) is 27.9 Å². The van der Waals surface area contributed by atoms with Gasteiger partial charge in [-0.05, 0) is 85.3 Å². The lowest BCUT2D eigenvalue weighted by atomic mass is 9.83. The topological polar surface area (TPSA) is 99.2 Å². The van der Waals surface area contributed by atoms with Gasteiger partial charge in [0.2, 0.25) is 0 Å². The van der Waals surface area contributed by atoms with Crippen molar-refractivity contribution < 1.29 is 37.0 Å². The minimum atomic E-state index is -2.65. The van der Waals surface area contributed by atoms with Crippen molar-refractivity contribution in [1.82, 2.24) is 19.1 Å². The van der Waals surface area contributed by atoms with Gasteiger partial charge in [0.15, 0.2) is 11.3 Å². The second kappa shape index (κ2) is 14.6. The Hall–Kier alpha value is -4.94. The molecule has 0 aliphatic rings. The predicted molar refractivity (Wildman–Crippen MR) is 194 cm³/mol. The fourth-order valence-electron chi connectivity index (χ4n) is 5.77. The van der Waals surface area contributed by atoms with Crippen molar-refractivity contribution in [3.05, 3.63) is 106 Å². The van der Waals surface area contributed by atoms with Crippen molar-refractivity contribution in [2.75, 3.05) is 0 Å². The summed E-state index contributed by atoms with van der Waals surface area (Å²) in [6, 6.07) is 19.9. The number of halogens is 6. The highest BCUT2D eigenvalue weighted by atomic mass is 35.5. The summed E-state index contributed by atoms with van der Waals surface area (Å²) >= 11 is 11.9. The molecule has 0 spiro atoms. The number of pyridine rings is 2. The number of benzene rings is 2. The molecule has 0 unspecified atom stereocenters. The maximum atomic E-state index is 13.2. The summed E-state index contributed by atoms with van der Waals surface area (Å²) in [6.07, 6.45) is -7.16. The van der Waals surface area contributed by atoms with Gasteiger partial charge >= 0.3 is 12.2 Å². The Morgan fingerprint density at radius 1 is 0.731 bits per heavy atom. The monoisotopic (exact) mass is 756 g/mol. The average Bonchev–Trinajstić information content (AvgIpc) is 3.60. The molecule has 1 N–H and O–H groups in total. The van der Waals surface area contributed by atoms with Crippen LogP contribution in [0.2, 0.25) is 10.3 Å². The molecule has 4 aromatic heterocycles.